The number of hydrogen-bond donors (Lipinski definition) is 1. The lowest BCUT2D eigenvalue weighted by atomic mass is 10.1. The first-order valence-electron chi connectivity index (χ1n) is 6.19. The predicted octanol–water partition coefficient (Wildman–Crippen LogP) is 2.10. The smallest absolute Gasteiger partial charge is 0.142 e. The zero-order valence-corrected chi connectivity index (χ0v) is 10.2. The lowest BCUT2D eigenvalue weighted by Crippen LogP contribution is -2.43. The molecule has 18 heavy (non-hydrogen) atoms. The van der Waals surface area contributed by atoms with Crippen LogP contribution in [0.1, 0.15) is 12.8 Å². The van der Waals surface area contributed by atoms with Gasteiger partial charge in [0.15, 0.2) is 0 Å². The van der Waals surface area contributed by atoms with Gasteiger partial charge in [-0.25, -0.2) is 8.78 Å². The Labute approximate surface area is 106 Å². The number of piperidine rings is 1. The van der Waals surface area contributed by atoms with E-state index in [2.05, 4.69) is 0 Å². The van der Waals surface area contributed by atoms with Crippen molar-refractivity contribution in [2.45, 2.75) is 18.9 Å². The summed E-state index contributed by atoms with van der Waals surface area (Å²) in [6.45, 7) is 0.924. The molecule has 1 atom stereocenters. The molecule has 0 aromatic heterocycles. The van der Waals surface area contributed by atoms with Gasteiger partial charge in [-0.05, 0) is 25.0 Å². The van der Waals surface area contributed by atoms with E-state index in [4.69, 9.17) is 10.5 Å². The van der Waals surface area contributed by atoms with Crippen molar-refractivity contribution in [3.05, 3.63) is 24.0 Å². The van der Waals surface area contributed by atoms with E-state index in [0.717, 1.165) is 19.4 Å². The van der Waals surface area contributed by atoms with Gasteiger partial charge in [0.1, 0.15) is 24.8 Å². The molecule has 0 spiro atoms. The second-order valence-electron chi connectivity index (χ2n) is 4.50. The van der Waals surface area contributed by atoms with Gasteiger partial charge < -0.3 is 15.4 Å². The van der Waals surface area contributed by atoms with Crippen molar-refractivity contribution < 1.29 is 13.5 Å². The van der Waals surface area contributed by atoms with E-state index in [1.54, 1.807) is 6.07 Å². The number of nitrogens with two attached hydrogens (primary N) is 1. The summed E-state index contributed by atoms with van der Waals surface area (Å²) >= 11 is 0. The van der Waals surface area contributed by atoms with Crippen LogP contribution in [0.3, 0.4) is 0 Å². The molecule has 1 unspecified atom stereocenters. The van der Waals surface area contributed by atoms with Crippen LogP contribution >= 0.6 is 0 Å². The van der Waals surface area contributed by atoms with Crippen LogP contribution in [-0.2, 0) is 0 Å². The van der Waals surface area contributed by atoms with Crippen molar-refractivity contribution in [1.29, 1.82) is 0 Å². The Morgan fingerprint density at radius 2 is 2.28 bits per heavy atom. The van der Waals surface area contributed by atoms with Gasteiger partial charge in [0.05, 0.1) is 5.69 Å². The first kappa shape index (κ1) is 13.1. The molecule has 1 aromatic carbocycles. The predicted molar refractivity (Wildman–Crippen MR) is 67.3 cm³/mol. The molecule has 5 heteroatoms. The van der Waals surface area contributed by atoms with E-state index in [1.807, 2.05) is 4.90 Å². The van der Waals surface area contributed by atoms with E-state index in [-0.39, 0.29) is 18.5 Å². The third-order valence-electron chi connectivity index (χ3n) is 3.05. The summed E-state index contributed by atoms with van der Waals surface area (Å²) in [6, 6.07) is 4.38. The molecular formula is C13H18F2N2O. The third-order valence-corrected chi connectivity index (χ3v) is 3.05. The Morgan fingerprint density at radius 3 is 3.00 bits per heavy atom. The molecular weight excluding hydrogens is 238 g/mol. The fraction of sp³-hybridized carbons (Fsp3) is 0.538. The van der Waals surface area contributed by atoms with Gasteiger partial charge in [0.25, 0.3) is 0 Å². The number of rotatable bonds is 4. The number of halogens is 2. The Kier molecular flexibility index (Phi) is 4.36. The van der Waals surface area contributed by atoms with E-state index in [1.165, 1.54) is 12.1 Å². The maximum atomic E-state index is 13.3. The number of anilines is 1. The fourth-order valence-corrected chi connectivity index (χ4v) is 2.24. The van der Waals surface area contributed by atoms with Crippen LogP contribution in [0.2, 0.25) is 0 Å². The van der Waals surface area contributed by atoms with Crippen molar-refractivity contribution in [1.82, 2.24) is 0 Å². The zero-order valence-electron chi connectivity index (χ0n) is 10.2. The maximum absolute atomic E-state index is 13.3. The number of ether oxygens (including phenoxy) is 1. The summed E-state index contributed by atoms with van der Waals surface area (Å²) in [7, 11) is 0. The molecule has 0 radical (unpaired) electrons. The van der Waals surface area contributed by atoms with Crippen LogP contribution in [0.15, 0.2) is 18.2 Å². The number of nitrogens with zero attached hydrogens (tertiary/aromatic N) is 1. The minimum absolute atomic E-state index is 0.0154. The summed E-state index contributed by atoms with van der Waals surface area (Å²) in [5, 5.41) is 0. The summed E-state index contributed by atoms with van der Waals surface area (Å²) in [6.07, 6.45) is 1.95. The van der Waals surface area contributed by atoms with Crippen LogP contribution in [-0.4, -0.2) is 32.4 Å². The summed E-state index contributed by atoms with van der Waals surface area (Å²) in [4.78, 5) is 2.00. The largest absolute Gasteiger partial charge is 0.489 e. The van der Waals surface area contributed by atoms with Gasteiger partial charge in [-0.2, -0.15) is 0 Å². The third kappa shape index (κ3) is 3.10. The maximum Gasteiger partial charge on any atom is 0.142 e. The van der Waals surface area contributed by atoms with E-state index < -0.39 is 6.67 Å². The van der Waals surface area contributed by atoms with E-state index >= 15 is 0 Å². The molecule has 0 aliphatic carbocycles. The van der Waals surface area contributed by atoms with Crippen molar-refractivity contribution in [2.24, 2.45) is 5.73 Å². The topological polar surface area (TPSA) is 38.5 Å². The average Bonchev–Trinajstić information content (AvgIpc) is 2.37. The highest BCUT2D eigenvalue weighted by atomic mass is 19.1. The molecule has 2 rings (SSSR count). The molecule has 1 saturated heterocycles. The van der Waals surface area contributed by atoms with Crippen LogP contribution in [0.4, 0.5) is 14.5 Å². The quantitative estimate of drug-likeness (QED) is 0.896. The SMILES string of the molecule is NC1CCCN(c2cc(F)ccc2OCCF)C1. The van der Waals surface area contributed by atoms with E-state index in [9.17, 15) is 8.78 Å². The first-order valence-corrected chi connectivity index (χ1v) is 6.19. The van der Waals surface area contributed by atoms with Crippen molar-refractivity contribution in [3.63, 3.8) is 0 Å². The van der Waals surface area contributed by atoms with Gasteiger partial charge in [0.2, 0.25) is 0 Å². The molecule has 2 N–H and O–H groups in total. The van der Waals surface area contributed by atoms with Crippen molar-refractivity contribution in [2.75, 3.05) is 31.3 Å². The molecule has 100 valence electrons. The Bertz CT molecular complexity index is 401. The van der Waals surface area contributed by atoms with Crippen molar-refractivity contribution in [3.8, 4) is 5.75 Å². The number of benzene rings is 1. The Hall–Kier alpha value is -1.36. The molecule has 1 aliphatic heterocycles. The molecule has 1 aromatic rings. The van der Waals surface area contributed by atoms with Gasteiger partial charge in [-0.1, -0.05) is 0 Å². The Morgan fingerprint density at radius 1 is 1.44 bits per heavy atom. The second-order valence-corrected chi connectivity index (χ2v) is 4.50. The van der Waals surface area contributed by atoms with Crippen LogP contribution in [0.25, 0.3) is 0 Å². The summed E-state index contributed by atoms with van der Waals surface area (Å²) < 4.78 is 30.8. The van der Waals surface area contributed by atoms with Crippen LogP contribution < -0.4 is 15.4 Å². The molecule has 0 saturated carbocycles. The highest BCUT2D eigenvalue weighted by molar-refractivity contribution is 5.59. The lowest BCUT2D eigenvalue weighted by molar-refractivity contribution is 0.273. The summed E-state index contributed by atoms with van der Waals surface area (Å²) in [5.74, 6) is 0.194. The highest BCUT2D eigenvalue weighted by Crippen LogP contribution is 2.31. The lowest BCUT2D eigenvalue weighted by Gasteiger charge is -2.33. The van der Waals surface area contributed by atoms with E-state index in [0.29, 0.717) is 18.0 Å². The molecule has 0 bridgehead atoms. The highest BCUT2D eigenvalue weighted by Gasteiger charge is 2.20. The van der Waals surface area contributed by atoms with Gasteiger partial charge in [0, 0.05) is 25.2 Å². The molecule has 1 aliphatic rings. The van der Waals surface area contributed by atoms with Crippen molar-refractivity contribution >= 4 is 5.69 Å². The number of alkyl halides is 1. The molecule has 1 fully saturated rings. The fourth-order valence-electron chi connectivity index (χ4n) is 2.24. The normalized spacial score (nSPS) is 19.9. The monoisotopic (exact) mass is 256 g/mol. The van der Waals surface area contributed by atoms with Gasteiger partial charge in [-0.3, -0.25) is 0 Å². The molecule has 1 heterocycles. The van der Waals surface area contributed by atoms with Crippen LogP contribution in [0, 0.1) is 5.82 Å². The minimum Gasteiger partial charge on any atom is -0.489 e. The number of hydrogen-bond acceptors (Lipinski definition) is 3. The van der Waals surface area contributed by atoms with Gasteiger partial charge in [-0.15, -0.1) is 0 Å². The molecule has 0 amide bonds. The van der Waals surface area contributed by atoms with Gasteiger partial charge >= 0.3 is 0 Å². The second kappa shape index (κ2) is 6.00. The minimum atomic E-state index is -0.559. The standard InChI is InChI=1S/C13H18F2N2O/c14-5-7-18-13-4-3-10(15)8-12(13)17-6-1-2-11(16)9-17/h3-4,8,11H,1-2,5-7,9,16H2. The summed E-state index contributed by atoms with van der Waals surface area (Å²) in [5.41, 5.74) is 6.58. The average molecular weight is 256 g/mol. The molecule has 3 nitrogen and oxygen atoms in total. The Balaban J connectivity index is 2.20. The zero-order chi connectivity index (χ0) is 13.0. The van der Waals surface area contributed by atoms with Crippen LogP contribution in [0.5, 0.6) is 5.75 Å². The first-order chi connectivity index (χ1) is 8.70.